The Morgan fingerprint density at radius 1 is 1.43 bits per heavy atom. The van der Waals surface area contributed by atoms with E-state index in [9.17, 15) is 18.0 Å². The molecule has 0 aliphatic carbocycles. The molecule has 1 aliphatic heterocycles. The molecule has 2 rings (SSSR count). The lowest BCUT2D eigenvalue weighted by Crippen LogP contribution is -2.46. The summed E-state index contributed by atoms with van der Waals surface area (Å²) in [6.07, 6.45) is -3.90. The van der Waals surface area contributed by atoms with Crippen molar-refractivity contribution in [3.63, 3.8) is 0 Å². The van der Waals surface area contributed by atoms with E-state index in [1.165, 1.54) is 11.0 Å². The molecule has 0 bridgehead atoms. The minimum absolute atomic E-state index is 0.0528. The van der Waals surface area contributed by atoms with Crippen LogP contribution in [0.4, 0.5) is 23.7 Å². The number of likely N-dealkylation sites (tertiary alicyclic amines) is 1. The molecule has 1 aromatic carbocycles. The van der Waals surface area contributed by atoms with Gasteiger partial charge >= 0.3 is 12.2 Å². The van der Waals surface area contributed by atoms with E-state index in [-0.39, 0.29) is 13.0 Å². The first-order valence-electron chi connectivity index (χ1n) is 6.53. The number of amides is 2. The fourth-order valence-electron chi connectivity index (χ4n) is 2.30. The Hall–Kier alpha value is -2.23. The van der Waals surface area contributed by atoms with Crippen LogP contribution in [0.3, 0.4) is 0 Å². The van der Waals surface area contributed by atoms with Crippen molar-refractivity contribution < 1.29 is 18.0 Å². The number of urea groups is 1. The van der Waals surface area contributed by atoms with Gasteiger partial charge in [0.05, 0.1) is 17.6 Å². The van der Waals surface area contributed by atoms with E-state index in [0.717, 1.165) is 0 Å². The zero-order valence-electron chi connectivity index (χ0n) is 11.2. The van der Waals surface area contributed by atoms with E-state index in [2.05, 4.69) is 5.32 Å². The number of hydrogen-bond acceptors (Lipinski definition) is 2. The third kappa shape index (κ3) is 3.88. The summed E-state index contributed by atoms with van der Waals surface area (Å²) in [5.41, 5.74) is 0.771. The Bertz CT molecular complexity index is 565. The first-order chi connectivity index (χ1) is 9.90. The average Bonchev–Trinajstić information content (AvgIpc) is 2.46. The van der Waals surface area contributed by atoms with Crippen LogP contribution in [0.2, 0.25) is 0 Å². The van der Waals surface area contributed by atoms with Crippen molar-refractivity contribution in [2.75, 3.05) is 18.4 Å². The molecule has 0 aromatic heterocycles. The largest absolute Gasteiger partial charge is 0.393 e. The van der Waals surface area contributed by atoms with Gasteiger partial charge in [-0.15, -0.1) is 0 Å². The number of alkyl halides is 3. The normalized spacial score (nSPS) is 19.0. The smallest absolute Gasteiger partial charge is 0.324 e. The molecular formula is C14H14F3N3O. The van der Waals surface area contributed by atoms with Gasteiger partial charge in [0, 0.05) is 18.8 Å². The monoisotopic (exact) mass is 297 g/mol. The Morgan fingerprint density at radius 3 is 2.86 bits per heavy atom. The van der Waals surface area contributed by atoms with Crippen LogP contribution in [0.15, 0.2) is 24.3 Å². The number of nitriles is 1. The van der Waals surface area contributed by atoms with Crippen molar-refractivity contribution >= 4 is 11.7 Å². The second-order valence-electron chi connectivity index (χ2n) is 4.95. The summed E-state index contributed by atoms with van der Waals surface area (Å²) in [6.45, 7) is -0.0242. The van der Waals surface area contributed by atoms with E-state index in [1.807, 2.05) is 6.07 Å². The number of anilines is 1. The van der Waals surface area contributed by atoms with Crippen LogP contribution in [0.1, 0.15) is 18.4 Å². The predicted octanol–water partition coefficient (Wildman–Crippen LogP) is 3.36. The van der Waals surface area contributed by atoms with Crippen LogP contribution in [-0.2, 0) is 0 Å². The maximum absolute atomic E-state index is 12.7. The predicted molar refractivity (Wildman–Crippen MR) is 70.5 cm³/mol. The van der Waals surface area contributed by atoms with Crippen molar-refractivity contribution in [2.45, 2.75) is 19.0 Å². The molecule has 1 saturated heterocycles. The Labute approximate surface area is 120 Å². The topological polar surface area (TPSA) is 56.1 Å². The average molecular weight is 297 g/mol. The van der Waals surface area contributed by atoms with Gasteiger partial charge in [0.15, 0.2) is 0 Å². The van der Waals surface area contributed by atoms with Crippen LogP contribution < -0.4 is 5.32 Å². The summed E-state index contributed by atoms with van der Waals surface area (Å²) >= 11 is 0. The molecule has 4 nitrogen and oxygen atoms in total. The molecule has 2 amide bonds. The van der Waals surface area contributed by atoms with Crippen LogP contribution in [0.5, 0.6) is 0 Å². The standard InChI is InChI=1S/C14H14F3N3O/c15-14(16,17)11-4-2-6-20(9-11)13(21)19-12-5-1-3-10(7-12)8-18/h1,3,5,7,11H,2,4,6,9H2,(H,19,21)/t11-/m1/s1. The number of benzene rings is 1. The third-order valence-electron chi connectivity index (χ3n) is 3.41. The summed E-state index contributed by atoms with van der Waals surface area (Å²) in [6, 6.07) is 7.61. The maximum Gasteiger partial charge on any atom is 0.393 e. The lowest BCUT2D eigenvalue weighted by Gasteiger charge is -2.33. The fraction of sp³-hybridized carbons (Fsp3) is 0.429. The minimum Gasteiger partial charge on any atom is -0.324 e. The van der Waals surface area contributed by atoms with Crippen molar-refractivity contribution in [1.29, 1.82) is 5.26 Å². The van der Waals surface area contributed by atoms with Crippen LogP contribution in [-0.4, -0.2) is 30.2 Å². The number of piperidine rings is 1. The van der Waals surface area contributed by atoms with E-state index < -0.39 is 18.1 Å². The van der Waals surface area contributed by atoms with Crippen LogP contribution in [0, 0.1) is 17.2 Å². The highest BCUT2D eigenvalue weighted by atomic mass is 19.4. The number of carbonyl (C=O) groups is 1. The molecular weight excluding hydrogens is 283 g/mol. The number of rotatable bonds is 1. The molecule has 1 fully saturated rings. The summed E-state index contributed by atoms with van der Waals surface area (Å²) in [5.74, 6) is -1.47. The highest BCUT2D eigenvalue weighted by Gasteiger charge is 2.42. The molecule has 1 aliphatic rings. The number of hydrogen-bond donors (Lipinski definition) is 1. The van der Waals surface area contributed by atoms with Gasteiger partial charge < -0.3 is 10.2 Å². The highest BCUT2D eigenvalue weighted by molar-refractivity contribution is 5.89. The first-order valence-corrected chi connectivity index (χ1v) is 6.53. The minimum atomic E-state index is -4.28. The Morgan fingerprint density at radius 2 is 2.19 bits per heavy atom. The second kappa shape index (κ2) is 6.04. The van der Waals surface area contributed by atoms with Gasteiger partial charge in [-0.25, -0.2) is 4.79 Å². The molecule has 21 heavy (non-hydrogen) atoms. The van der Waals surface area contributed by atoms with Gasteiger partial charge in [0.1, 0.15) is 0 Å². The highest BCUT2D eigenvalue weighted by Crippen LogP contribution is 2.33. The summed E-state index contributed by atoms with van der Waals surface area (Å²) in [4.78, 5) is 13.2. The summed E-state index contributed by atoms with van der Waals surface area (Å²) in [7, 11) is 0. The second-order valence-corrected chi connectivity index (χ2v) is 4.95. The molecule has 1 aromatic rings. The van der Waals surface area contributed by atoms with E-state index in [1.54, 1.807) is 18.2 Å². The van der Waals surface area contributed by atoms with Gasteiger partial charge in [-0.1, -0.05) is 6.07 Å². The first kappa shape index (κ1) is 15.2. The molecule has 0 radical (unpaired) electrons. The van der Waals surface area contributed by atoms with Crippen LogP contribution in [0.25, 0.3) is 0 Å². The fourth-order valence-corrected chi connectivity index (χ4v) is 2.30. The lowest BCUT2D eigenvalue weighted by atomic mass is 9.98. The molecule has 1 heterocycles. The number of halogens is 3. The van der Waals surface area contributed by atoms with E-state index in [4.69, 9.17) is 5.26 Å². The van der Waals surface area contributed by atoms with Crippen molar-refractivity contribution in [3.05, 3.63) is 29.8 Å². The molecule has 0 saturated carbocycles. The van der Waals surface area contributed by atoms with Gasteiger partial charge in [0.25, 0.3) is 0 Å². The zero-order valence-corrected chi connectivity index (χ0v) is 11.2. The van der Waals surface area contributed by atoms with Crippen molar-refractivity contribution in [1.82, 2.24) is 4.90 Å². The van der Waals surface area contributed by atoms with E-state index in [0.29, 0.717) is 24.2 Å². The van der Waals surface area contributed by atoms with Crippen molar-refractivity contribution in [2.24, 2.45) is 5.92 Å². The molecule has 112 valence electrons. The molecule has 0 unspecified atom stereocenters. The Kier molecular flexibility index (Phi) is 4.36. The van der Waals surface area contributed by atoms with Gasteiger partial charge in [-0.05, 0) is 31.0 Å². The van der Waals surface area contributed by atoms with Gasteiger partial charge in [-0.3, -0.25) is 0 Å². The zero-order chi connectivity index (χ0) is 15.5. The summed E-state index contributed by atoms with van der Waals surface area (Å²) in [5, 5.41) is 11.3. The molecule has 1 atom stereocenters. The molecule has 0 spiro atoms. The lowest BCUT2D eigenvalue weighted by molar-refractivity contribution is -0.183. The van der Waals surface area contributed by atoms with Crippen LogP contribution >= 0.6 is 0 Å². The maximum atomic E-state index is 12.7. The quantitative estimate of drug-likeness (QED) is 0.864. The molecule has 1 N–H and O–H groups in total. The third-order valence-corrected chi connectivity index (χ3v) is 3.41. The van der Waals surface area contributed by atoms with Crippen molar-refractivity contribution in [3.8, 4) is 6.07 Å². The summed E-state index contributed by atoms with van der Waals surface area (Å²) < 4.78 is 38.1. The van der Waals surface area contributed by atoms with Gasteiger partial charge in [0.2, 0.25) is 0 Å². The number of nitrogens with one attached hydrogen (secondary N) is 1. The van der Waals surface area contributed by atoms with E-state index >= 15 is 0 Å². The number of nitrogens with zero attached hydrogens (tertiary/aromatic N) is 2. The Balaban J connectivity index is 2.01. The number of carbonyl (C=O) groups excluding carboxylic acids is 1. The SMILES string of the molecule is N#Cc1cccc(NC(=O)N2CCC[C@@H](C(F)(F)F)C2)c1. The molecule has 7 heteroatoms. The van der Waals surface area contributed by atoms with Gasteiger partial charge in [-0.2, -0.15) is 18.4 Å².